The average Bonchev–Trinajstić information content (AvgIpc) is 2.76. The van der Waals surface area contributed by atoms with E-state index in [9.17, 15) is 8.78 Å². The number of nitrogens with zero attached hydrogens (tertiary/aromatic N) is 3. The summed E-state index contributed by atoms with van der Waals surface area (Å²) in [5.41, 5.74) is 1.80. The second-order valence-electron chi connectivity index (χ2n) is 5.93. The SMILES string of the molecule is Cc1cnc2[n+](c1)-c1ccc(Cl)c(Cl)c1C(c1c(F)cccc1F)=NC2. The maximum Gasteiger partial charge on any atom is 0.324 e. The van der Waals surface area contributed by atoms with Crippen LogP contribution in [0.3, 0.4) is 0 Å². The van der Waals surface area contributed by atoms with Crippen molar-refractivity contribution in [1.82, 2.24) is 4.98 Å². The molecular formula is C19H12Cl2F2N3+. The fraction of sp³-hybridized carbons (Fsp3) is 0.105. The highest BCUT2D eigenvalue weighted by Crippen LogP contribution is 2.33. The Balaban J connectivity index is 2.10. The smallest absolute Gasteiger partial charge is 0.271 e. The van der Waals surface area contributed by atoms with Gasteiger partial charge in [-0.05, 0) is 31.2 Å². The number of hydrogen-bond donors (Lipinski definition) is 0. The van der Waals surface area contributed by atoms with Crippen LogP contribution in [0.15, 0.2) is 47.7 Å². The molecule has 0 atom stereocenters. The van der Waals surface area contributed by atoms with Gasteiger partial charge in [-0.3, -0.25) is 4.99 Å². The van der Waals surface area contributed by atoms with E-state index in [1.54, 1.807) is 18.3 Å². The van der Waals surface area contributed by atoms with Crippen molar-refractivity contribution in [2.75, 3.05) is 0 Å². The highest BCUT2D eigenvalue weighted by atomic mass is 35.5. The summed E-state index contributed by atoms with van der Waals surface area (Å²) in [5, 5.41) is 0.465. The van der Waals surface area contributed by atoms with Crippen molar-refractivity contribution in [2.45, 2.75) is 13.5 Å². The number of benzene rings is 2. The van der Waals surface area contributed by atoms with Gasteiger partial charge in [0.2, 0.25) is 0 Å². The zero-order chi connectivity index (χ0) is 18.4. The van der Waals surface area contributed by atoms with Crippen LogP contribution in [0, 0.1) is 18.6 Å². The predicted molar refractivity (Wildman–Crippen MR) is 96.2 cm³/mol. The standard InChI is InChI=1S/C19H12Cl2F2N3/c1-10-7-24-15-8-25-19(16-12(22)3-2-4-13(16)23)17-14(26(15)9-10)6-5-11(20)18(17)21/h2-7,9H,8H2,1H3/q+1. The van der Waals surface area contributed by atoms with Crippen molar-refractivity contribution >= 4 is 28.9 Å². The van der Waals surface area contributed by atoms with Gasteiger partial charge in [-0.1, -0.05) is 34.3 Å². The molecule has 0 unspecified atom stereocenters. The summed E-state index contributed by atoms with van der Waals surface area (Å²) in [7, 11) is 0. The largest absolute Gasteiger partial charge is 0.324 e. The summed E-state index contributed by atoms with van der Waals surface area (Å²) in [6.45, 7) is 2.05. The molecule has 3 nitrogen and oxygen atoms in total. The minimum atomic E-state index is -0.717. The summed E-state index contributed by atoms with van der Waals surface area (Å²) >= 11 is 12.6. The molecule has 1 aromatic heterocycles. The van der Waals surface area contributed by atoms with Gasteiger partial charge >= 0.3 is 5.82 Å². The summed E-state index contributed by atoms with van der Waals surface area (Å²) < 4.78 is 30.8. The van der Waals surface area contributed by atoms with Gasteiger partial charge in [0.1, 0.15) is 36.3 Å². The lowest BCUT2D eigenvalue weighted by atomic mass is 9.99. The number of aryl methyl sites for hydroxylation is 1. The number of halogens is 4. The molecule has 1 aliphatic rings. The summed E-state index contributed by atoms with van der Waals surface area (Å²) in [6.07, 6.45) is 3.59. The van der Waals surface area contributed by atoms with Crippen LogP contribution in [-0.4, -0.2) is 10.7 Å². The summed E-state index contributed by atoms with van der Waals surface area (Å²) in [5.74, 6) is -0.807. The van der Waals surface area contributed by atoms with Crippen molar-refractivity contribution in [2.24, 2.45) is 4.99 Å². The molecule has 4 rings (SSSR count). The average molecular weight is 391 g/mol. The van der Waals surface area contributed by atoms with Gasteiger partial charge in [0.25, 0.3) is 0 Å². The molecular weight excluding hydrogens is 379 g/mol. The van der Waals surface area contributed by atoms with Gasteiger partial charge in [0, 0.05) is 5.56 Å². The summed E-state index contributed by atoms with van der Waals surface area (Å²) in [4.78, 5) is 8.83. The number of aromatic nitrogens is 2. The van der Waals surface area contributed by atoms with Crippen LogP contribution in [0.2, 0.25) is 10.0 Å². The van der Waals surface area contributed by atoms with E-state index in [0.29, 0.717) is 17.1 Å². The van der Waals surface area contributed by atoms with E-state index in [-0.39, 0.29) is 27.9 Å². The molecule has 2 heterocycles. The van der Waals surface area contributed by atoms with Crippen molar-refractivity contribution in [3.05, 3.63) is 86.9 Å². The second kappa shape index (κ2) is 6.41. The molecule has 7 heteroatoms. The van der Waals surface area contributed by atoms with E-state index in [1.165, 1.54) is 18.2 Å². The number of fused-ring (bicyclic) bond motifs is 3. The maximum absolute atomic E-state index is 14.5. The van der Waals surface area contributed by atoms with Crippen LogP contribution < -0.4 is 4.57 Å². The maximum atomic E-state index is 14.5. The molecule has 2 aromatic carbocycles. The van der Waals surface area contributed by atoms with E-state index < -0.39 is 11.6 Å². The van der Waals surface area contributed by atoms with E-state index in [2.05, 4.69) is 9.98 Å². The van der Waals surface area contributed by atoms with E-state index >= 15 is 0 Å². The normalized spacial score (nSPS) is 12.9. The molecule has 130 valence electrons. The molecule has 0 fully saturated rings. The first kappa shape index (κ1) is 17.1. The first-order valence-electron chi connectivity index (χ1n) is 7.82. The highest BCUT2D eigenvalue weighted by molar-refractivity contribution is 6.45. The molecule has 0 radical (unpaired) electrons. The minimum Gasteiger partial charge on any atom is -0.271 e. The predicted octanol–water partition coefficient (Wildman–Crippen LogP) is 4.60. The summed E-state index contributed by atoms with van der Waals surface area (Å²) in [6, 6.07) is 7.07. The fourth-order valence-electron chi connectivity index (χ4n) is 3.00. The van der Waals surface area contributed by atoms with Crippen LogP contribution in [0.25, 0.3) is 5.69 Å². The van der Waals surface area contributed by atoms with E-state index in [4.69, 9.17) is 23.2 Å². The van der Waals surface area contributed by atoms with Crippen molar-refractivity contribution in [3.8, 4) is 5.69 Å². The first-order chi connectivity index (χ1) is 12.5. The topological polar surface area (TPSA) is 29.1 Å². The Morgan fingerprint density at radius 2 is 1.77 bits per heavy atom. The second-order valence-corrected chi connectivity index (χ2v) is 6.72. The van der Waals surface area contributed by atoms with Crippen LogP contribution in [0.5, 0.6) is 0 Å². The van der Waals surface area contributed by atoms with Gasteiger partial charge in [0.05, 0.1) is 26.9 Å². The van der Waals surface area contributed by atoms with Crippen molar-refractivity contribution in [1.29, 1.82) is 0 Å². The minimum absolute atomic E-state index is 0.117. The molecule has 0 spiro atoms. The number of hydrogen-bond acceptors (Lipinski definition) is 2. The lowest BCUT2D eigenvalue weighted by Gasteiger charge is -2.13. The van der Waals surface area contributed by atoms with Gasteiger partial charge < -0.3 is 0 Å². The lowest BCUT2D eigenvalue weighted by molar-refractivity contribution is -0.608. The van der Waals surface area contributed by atoms with Crippen molar-refractivity contribution < 1.29 is 13.3 Å². The Labute approximate surface area is 158 Å². The fourth-order valence-corrected chi connectivity index (χ4v) is 3.41. The Hall–Kier alpha value is -2.37. The van der Waals surface area contributed by atoms with Gasteiger partial charge in [0.15, 0.2) is 0 Å². The quantitative estimate of drug-likeness (QED) is 0.558. The van der Waals surface area contributed by atoms with Crippen LogP contribution in [-0.2, 0) is 6.54 Å². The molecule has 0 bridgehead atoms. The van der Waals surface area contributed by atoms with Gasteiger partial charge in [-0.2, -0.15) is 4.57 Å². The molecule has 0 aliphatic carbocycles. The molecule has 0 saturated carbocycles. The zero-order valence-electron chi connectivity index (χ0n) is 13.6. The van der Waals surface area contributed by atoms with E-state index in [1.807, 2.05) is 17.7 Å². The number of rotatable bonds is 1. The third-order valence-electron chi connectivity index (χ3n) is 4.18. The van der Waals surface area contributed by atoms with Gasteiger partial charge in [-0.15, -0.1) is 0 Å². The molecule has 0 N–H and O–H groups in total. The molecule has 3 aromatic rings. The highest BCUT2D eigenvalue weighted by Gasteiger charge is 2.30. The first-order valence-corrected chi connectivity index (χ1v) is 8.57. The van der Waals surface area contributed by atoms with Gasteiger partial charge in [-0.25, -0.2) is 8.78 Å². The Morgan fingerprint density at radius 1 is 1.04 bits per heavy atom. The zero-order valence-corrected chi connectivity index (χ0v) is 15.1. The third kappa shape index (κ3) is 2.68. The van der Waals surface area contributed by atoms with Crippen LogP contribution in [0.4, 0.5) is 8.78 Å². The molecule has 0 amide bonds. The van der Waals surface area contributed by atoms with Crippen molar-refractivity contribution in [3.63, 3.8) is 0 Å². The van der Waals surface area contributed by atoms with Crippen LogP contribution in [0.1, 0.15) is 22.5 Å². The van der Waals surface area contributed by atoms with E-state index in [0.717, 1.165) is 5.56 Å². The van der Waals surface area contributed by atoms with Crippen LogP contribution >= 0.6 is 23.2 Å². The molecule has 1 aliphatic heterocycles. The lowest BCUT2D eigenvalue weighted by Crippen LogP contribution is -2.37. The molecule has 26 heavy (non-hydrogen) atoms. The Bertz CT molecular complexity index is 1060. The Morgan fingerprint density at radius 3 is 2.50 bits per heavy atom. The third-order valence-corrected chi connectivity index (χ3v) is 4.98. The Kier molecular flexibility index (Phi) is 4.21. The monoisotopic (exact) mass is 390 g/mol. The number of aliphatic imine (C=N–C) groups is 1. The molecule has 0 saturated heterocycles.